The van der Waals surface area contributed by atoms with Crippen LogP contribution < -0.4 is 0 Å². The highest BCUT2D eigenvalue weighted by molar-refractivity contribution is 5.85. The number of nitrogens with zero attached hydrogens (tertiary/aromatic N) is 1. The van der Waals surface area contributed by atoms with Gasteiger partial charge in [-0.15, -0.1) is 0 Å². The largest absolute Gasteiger partial charge is 0.481 e. The van der Waals surface area contributed by atoms with Gasteiger partial charge >= 0.3 is 11.9 Å². The van der Waals surface area contributed by atoms with Crippen LogP contribution in [0.5, 0.6) is 0 Å². The molecule has 2 N–H and O–H groups in total. The summed E-state index contributed by atoms with van der Waals surface area (Å²) in [6.07, 6.45) is -0.226. The summed E-state index contributed by atoms with van der Waals surface area (Å²) in [5.41, 5.74) is 0.760. The minimum absolute atomic E-state index is 0.0536. The molecule has 0 aliphatic heterocycles. The number of amides is 1. The van der Waals surface area contributed by atoms with Gasteiger partial charge in [0, 0.05) is 6.54 Å². The van der Waals surface area contributed by atoms with Crippen LogP contribution in [0.4, 0.5) is 0 Å². The third kappa shape index (κ3) is 4.72. The van der Waals surface area contributed by atoms with E-state index in [4.69, 9.17) is 10.2 Å². The Morgan fingerprint density at radius 2 is 1.75 bits per heavy atom. The first-order valence-electron chi connectivity index (χ1n) is 6.19. The Bertz CT molecular complexity index is 486. The Kier molecular flexibility index (Phi) is 5.71. The van der Waals surface area contributed by atoms with E-state index < -0.39 is 23.9 Å². The van der Waals surface area contributed by atoms with Crippen LogP contribution in [0.1, 0.15) is 18.9 Å². The number of benzene rings is 1. The lowest BCUT2D eigenvalue weighted by Crippen LogP contribution is -2.45. The number of aliphatic carboxylic acids is 2. The van der Waals surface area contributed by atoms with Gasteiger partial charge in [0.2, 0.25) is 5.91 Å². The van der Waals surface area contributed by atoms with Crippen molar-refractivity contribution in [1.29, 1.82) is 0 Å². The number of carbonyl (C=O) groups is 3. The first kappa shape index (κ1) is 15.7. The maximum atomic E-state index is 12.1. The molecular weight excluding hydrogens is 262 g/mol. The highest BCUT2D eigenvalue weighted by atomic mass is 16.4. The first-order chi connectivity index (χ1) is 9.41. The van der Waals surface area contributed by atoms with E-state index in [0.717, 1.165) is 10.5 Å². The molecule has 0 heterocycles. The molecule has 0 saturated heterocycles. The maximum absolute atomic E-state index is 12.1. The number of carboxylic acids is 2. The molecule has 1 aromatic carbocycles. The van der Waals surface area contributed by atoms with Crippen LogP contribution in [-0.2, 0) is 20.8 Å². The summed E-state index contributed by atoms with van der Waals surface area (Å²) in [7, 11) is 0. The molecule has 0 saturated carbocycles. The van der Waals surface area contributed by atoms with Crippen LogP contribution in [0, 0.1) is 0 Å². The number of hydrogen-bond donors (Lipinski definition) is 2. The van der Waals surface area contributed by atoms with Crippen LogP contribution >= 0.6 is 0 Å². The Morgan fingerprint density at radius 3 is 2.25 bits per heavy atom. The monoisotopic (exact) mass is 279 g/mol. The molecule has 1 amide bonds. The second-order valence-electron chi connectivity index (χ2n) is 4.41. The third-order valence-electron chi connectivity index (χ3n) is 2.91. The van der Waals surface area contributed by atoms with Gasteiger partial charge in [0.05, 0.1) is 12.8 Å². The van der Waals surface area contributed by atoms with E-state index in [1.54, 1.807) is 24.3 Å². The lowest BCUT2D eigenvalue weighted by molar-refractivity contribution is -0.150. The molecular formula is C14H17NO5. The highest BCUT2D eigenvalue weighted by Gasteiger charge is 2.25. The molecule has 20 heavy (non-hydrogen) atoms. The second-order valence-corrected chi connectivity index (χ2v) is 4.41. The molecule has 0 aromatic heterocycles. The molecule has 0 fully saturated rings. The summed E-state index contributed by atoms with van der Waals surface area (Å²) in [5.74, 6) is -2.62. The molecule has 0 radical (unpaired) electrons. The van der Waals surface area contributed by atoms with Gasteiger partial charge < -0.3 is 15.1 Å². The van der Waals surface area contributed by atoms with Crippen molar-refractivity contribution in [3.8, 4) is 0 Å². The maximum Gasteiger partial charge on any atom is 0.326 e. The highest BCUT2D eigenvalue weighted by Crippen LogP contribution is 2.08. The summed E-state index contributed by atoms with van der Waals surface area (Å²) < 4.78 is 0. The van der Waals surface area contributed by atoms with Gasteiger partial charge in [-0.2, -0.15) is 0 Å². The SMILES string of the molecule is CC(C(=O)O)N(CCC(=O)O)C(=O)Cc1ccccc1. The zero-order valence-corrected chi connectivity index (χ0v) is 11.2. The van der Waals surface area contributed by atoms with Crippen molar-refractivity contribution in [2.45, 2.75) is 25.8 Å². The Morgan fingerprint density at radius 1 is 1.15 bits per heavy atom. The normalized spacial score (nSPS) is 11.7. The van der Waals surface area contributed by atoms with Crippen molar-refractivity contribution >= 4 is 17.8 Å². The van der Waals surface area contributed by atoms with E-state index >= 15 is 0 Å². The molecule has 1 atom stereocenters. The van der Waals surface area contributed by atoms with E-state index in [-0.39, 0.29) is 19.4 Å². The fourth-order valence-corrected chi connectivity index (χ4v) is 1.76. The van der Waals surface area contributed by atoms with E-state index in [1.807, 2.05) is 6.07 Å². The van der Waals surface area contributed by atoms with E-state index in [9.17, 15) is 14.4 Å². The van der Waals surface area contributed by atoms with Gasteiger partial charge in [0.15, 0.2) is 0 Å². The average molecular weight is 279 g/mol. The van der Waals surface area contributed by atoms with Gasteiger partial charge in [-0.05, 0) is 12.5 Å². The zero-order valence-electron chi connectivity index (χ0n) is 11.2. The molecule has 0 spiro atoms. The lowest BCUT2D eigenvalue weighted by atomic mass is 10.1. The Hall–Kier alpha value is -2.37. The van der Waals surface area contributed by atoms with E-state index in [1.165, 1.54) is 6.92 Å². The summed E-state index contributed by atoms with van der Waals surface area (Å²) in [6.45, 7) is 1.25. The van der Waals surface area contributed by atoms with Crippen LogP contribution in [0.3, 0.4) is 0 Å². The number of rotatable bonds is 7. The summed E-state index contributed by atoms with van der Waals surface area (Å²) >= 11 is 0. The Labute approximate surface area is 116 Å². The van der Waals surface area contributed by atoms with Gasteiger partial charge in [-0.1, -0.05) is 30.3 Å². The fourth-order valence-electron chi connectivity index (χ4n) is 1.76. The van der Waals surface area contributed by atoms with Crippen molar-refractivity contribution < 1.29 is 24.6 Å². The Balaban J connectivity index is 2.78. The molecule has 1 unspecified atom stereocenters. The van der Waals surface area contributed by atoms with Gasteiger partial charge in [-0.3, -0.25) is 9.59 Å². The number of carbonyl (C=O) groups excluding carboxylic acids is 1. The van der Waals surface area contributed by atoms with Crippen molar-refractivity contribution in [2.24, 2.45) is 0 Å². The lowest BCUT2D eigenvalue weighted by Gasteiger charge is -2.26. The smallest absolute Gasteiger partial charge is 0.326 e. The summed E-state index contributed by atoms with van der Waals surface area (Å²) in [4.78, 5) is 34.8. The molecule has 1 aromatic rings. The van der Waals surface area contributed by atoms with Crippen LogP contribution in [0.2, 0.25) is 0 Å². The second kappa shape index (κ2) is 7.28. The molecule has 108 valence electrons. The molecule has 1 rings (SSSR count). The summed E-state index contributed by atoms with van der Waals surface area (Å²) in [6, 6.07) is 7.86. The topological polar surface area (TPSA) is 94.9 Å². The molecule has 6 nitrogen and oxygen atoms in total. The predicted octanol–water partition coefficient (Wildman–Crippen LogP) is 1.01. The average Bonchev–Trinajstić information content (AvgIpc) is 2.39. The van der Waals surface area contributed by atoms with Crippen molar-refractivity contribution in [3.05, 3.63) is 35.9 Å². The molecule has 0 bridgehead atoms. The standard InChI is InChI=1S/C14H17NO5/c1-10(14(19)20)15(8-7-13(17)18)12(16)9-11-5-3-2-4-6-11/h2-6,10H,7-9H2,1H3,(H,17,18)(H,19,20). The van der Waals surface area contributed by atoms with Crippen LogP contribution in [0.25, 0.3) is 0 Å². The first-order valence-corrected chi connectivity index (χ1v) is 6.19. The summed E-state index contributed by atoms with van der Waals surface area (Å²) in [5, 5.41) is 17.7. The van der Waals surface area contributed by atoms with Crippen molar-refractivity contribution in [2.75, 3.05) is 6.54 Å². The van der Waals surface area contributed by atoms with Crippen molar-refractivity contribution in [3.63, 3.8) is 0 Å². The van der Waals surface area contributed by atoms with E-state index in [0.29, 0.717) is 0 Å². The minimum Gasteiger partial charge on any atom is -0.481 e. The quantitative estimate of drug-likeness (QED) is 0.776. The fraction of sp³-hybridized carbons (Fsp3) is 0.357. The van der Waals surface area contributed by atoms with Crippen LogP contribution in [0.15, 0.2) is 30.3 Å². The molecule has 0 aliphatic carbocycles. The van der Waals surface area contributed by atoms with Gasteiger partial charge in [-0.25, -0.2) is 4.79 Å². The predicted molar refractivity (Wildman–Crippen MR) is 71.2 cm³/mol. The zero-order chi connectivity index (χ0) is 15.1. The number of carboxylic acid groups (broad SMARTS) is 2. The molecule has 0 aliphatic rings. The van der Waals surface area contributed by atoms with Gasteiger partial charge in [0.1, 0.15) is 6.04 Å². The van der Waals surface area contributed by atoms with E-state index in [2.05, 4.69) is 0 Å². The third-order valence-corrected chi connectivity index (χ3v) is 2.91. The van der Waals surface area contributed by atoms with Crippen molar-refractivity contribution in [1.82, 2.24) is 4.90 Å². The van der Waals surface area contributed by atoms with Crippen LogP contribution in [-0.4, -0.2) is 45.5 Å². The molecule has 6 heteroatoms. The number of hydrogen-bond acceptors (Lipinski definition) is 3. The minimum atomic E-state index is -1.16. The van der Waals surface area contributed by atoms with Gasteiger partial charge in [0.25, 0.3) is 0 Å².